The van der Waals surface area contributed by atoms with Crippen LogP contribution >= 0.6 is 0 Å². The van der Waals surface area contributed by atoms with Gasteiger partial charge in [0.25, 0.3) is 5.91 Å². The van der Waals surface area contributed by atoms with Gasteiger partial charge in [0, 0.05) is 24.1 Å². The summed E-state index contributed by atoms with van der Waals surface area (Å²) < 4.78 is 6.21. The van der Waals surface area contributed by atoms with E-state index in [0.29, 0.717) is 22.6 Å². The Morgan fingerprint density at radius 2 is 1.69 bits per heavy atom. The lowest BCUT2D eigenvalue weighted by Crippen LogP contribution is -2.14. The molecule has 134 valence electrons. The molecule has 2 N–H and O–H groups in total. The molecule has 8 heteroatoms. The second-order valence-electron chi connectivity index (χ2n) is 5.87. The summed E-state index contributed by atoms with van der Waals surface area (Å²) in [7, 11) is 3.10. The topological polar surface area (TPSA) is 98.1 Å². The molecule has 0 atom stereocenters. The lowest BCUT2D eigenvalue weighted by Gasteiger charge is -2.09. The predicted octanol–water partition coefficient (Wildman–Crippen LogP) is 3.02. The van der Waals surface area contributed by atoms with Crippen molar-refractivity contribution in [2.75, 3.05) is 17.7 Å². The maximum absolute atomic E-state index is 12.8. The highest BCUT2D eigenvalue weighted by Crippen LogP contribution is 2.23. The van der Waals surface area contributed by atoms with E-state index in [9.17, 15) is 9.59 Å². The van der Waals surface area contributed by atoms with Gasteiger partial charge in [0.15, 0.2) is 5.65 Å². The van der Waals surface area contributed by atoms with E-state index < -0.39 is 6.09 Å². The van der Waals surface area contributed by atoms with E-state index in [1.165, 1.54) is 7.11 Å². The lowest BCUT2D eigenvalue weighted by atomic mass is 10.1. The first kappa shape index (κ1) is 17.4. The van der Waals surface area contributed by atoms with Crippen molar-refractivity contribution >= 4 is 34.4 Å². The molecule has 26 heavy (non-hydrogen) atoms. The largest absolute Gasteiger partial charge is 0.453 e. The van der Waals surface area contributed by atoms with Gasteiger partial charge in [-0.1, -0.05) is 0 Å². The number of nitrogens with zero attached hydrogens (tertiary/aromatic N) is 3. The minimum Gasteiger partial charge on any atom is -0.453 e. The molecule has 8 nitrogen and oxygen atoms in total. The number of aromatic nitrogens is 3. The first-order chi connectivity index (χ1) is 12.4. The van der Waals surface area contributed by atoms with Crippen LogP contribution in [0.2, 0.25) is 0 Å². The highest BCUT2D eigenvalue weighted by molar-refractivity contribution is 6.12. The number of methoxy groups -OCH3 is 1. The van der Waals surface area contributed by atoms with Gasteiger partial charge in [0.1, 0.15) is 0 Å². The van der Waals surface area contributed by atoms with E-state index in [4.69, 9.17) is 0 Å². The van der Waals surface area contributed by atoms with Crippen LogP contribution in [0.3, 0.4) is 0 Å². The quantitative estimate of drug-likeness (QED) is 0.754. The second-order valence-corrected chi connectivity index (χ2v) is 5.87. The summed E-state index contributed by atoms with van der Waals surface area (Å²) in [6.07, 6.45) is -0.552. The van der Waals surface area contributed by atoms with Crippen molar-refractivity contribution in [3.8, 4) is 0 Å². The highest BCUT2D eigenvalue weighted by Gasteiger charge is 2.17. The number of carbonyl (C=O) groups is 2. The lowest BCUT2D eigenvalue weighted by molar-refractivity contribution is 0.102. The Bertz CT molecular complexity index is 992. The van der Waals surface area contributed by atoms with E-state index in [1.807, 2.05) is 13.8 Å². The normalized spacial score (nSPS) is 10.6. The molecule has 0 bridgehead atoms. The Hall–Kier alpha value is -3.42. The molecule has 2 heterocycles. The molecule has 3 aromatic rings. The molecule has 0 aliphatic heterocycles. The summed E-state index contributed by atoms with van der Waals surface area (Å²) in [5.41, 5.74) is 3.86. The summed E-state index contributed by atoms with van der Waals surface area (Å²) in [6.45, 7) is 3.69. The number of fused-ring (bicyclic) bond motifs is 1. The minimum atomic E-state index is -0.552. The Morgan fingerprint density at radius 1 is 1.08 bits per heavy atom. The first-order valence-corrected chi connectivity index (χ1v) is 7.96. The molecule has 0 saturated carbocycles. The van der Waals surface area contributed by atoms with Crippen molar-refractivity contribution in [1.29, 1.82) is 0 Å². The zero-order valence-electron chi connectivity index (χ0n) is 15.0. The van der Waals surface area contributed by atoms with Crippen LogP contribution in [0.4, 0.5) is 16.2 Å². The predicted molar refractivity (Wildman–Crippen MR) is 98.4 cm³/mol. The van der Waals surface area contributed by atoms with E-state index >= 15 is 0 Å². The molecule has 2 amide bonds. The molecule has 3 rings (SSSR count). The van der Waals surface area contributed by atoms with Crippen LogP contribution in [-0.4, -0.2) is 33.9 Å². The number of rotatable bonds is 3. The van der Waals surface area contributed by atoms with Crippen LogP contribution in [0, 0.1) is 13.8 Å². The number of aryl methyl sites for hydroxylation is 3. The monoisotopic (exact) mass is 353 g/mol. The summed E-state index contributed by atoms with van der Waals surface area (Å²) in [6, 6.07) is 8.50. The third-order valence-electron chi connectivity index (χ3n) is 3.92. The molecule has 0 spiro atoms. The number of hydrogen-bond donors (Lipinski definition) is 2. The molecule has 0 saturated heterocycles. The number of ether oxygens (including phenoxy) is 1. The van der Waals surface area contributed by atoms with Crippen molar-refractivity contribution < 1.29 is 14.3 Å². The SMILES string of the molecule is COC(=O)Nc1ccc(NC(=O)c2cc(C)nc3c2c(C)nn3C)cc1. The first-order valence-electron chi connectivity index (χ1n) is 7.96. The van der Waals surface area contributed by atoms with Gasteiger partial charge < -0.3 is 10.1 Å². The van der Waals surface area contributed by atoms with Crippen LogP contribution < -0.4 is 10.6 Å². The Kier molecular flexibility index (Phi) is 4.57. The molecular formula is C18H19N5O3. The number of hydrogen-bond acceptors (Lipinski definition) is 5. The Labute approximate surface area is 150 Å². The molecule has 1 aromatic carbocycles. The zero-order chi connectivity index (χ0) is 18.8. The van der Waals surface area contributed by atoms with Crippen LogP contribution in [0.5, 0.6) is 0 Å². The van der Waals surface area contributed by atoms with Gasteiger partial charge >= 0.3 is 6.09 Å². The number of amides is 2. The Morgan fingerprint density at radius 3 is 2.31 bits per heavy atom. The molecule has 0 aliphatic carbocycles. The number of benzene rings is 1. The Balaban J connectivity index is 1.87. The van der Waals surface area contributed by atoms with Crippen molar-refractivity contribution in [3.63, 3.8) is 0 Å². The van der Waals surface area contributed by atoms with Gasteiger partial charge in [0.05, 0.1) is 23.8 Å². The third-order valence-corrected chi connectivity index (χ3v) is 3.92. The number of anilines is 2. The zero-order valence-corrected chi connectivity index (χ0v) is 15.0. The van der Waals surface area contributed by atoms with Gasteiger partial charge in [-0.2, -0.15) is 5.10 Å². The smallest absolute Gasteiger partial charge is 0.411 e. The second kappa shape index (κ2) is 6.83. The standard InChI is InChI=1S/C18H19N5O3/c1-10-9-14(15-11(2)22-23(3)16(15)19-10)17(24)20-12-5-7-13(8-6-12)21-18(25)26-4/h5-9H,1-4H3,(H,20,24)(H,21,25). The summed E-state index contributed by atoms with van der Waals surface area (Å²) in [5, 5.41) is 10.5. The minimum absolute atomic E-state index is 0.245. The van der Waals surface area contributed by atoms with E-state index in [-0.39, 0.29) is 5.91 Å². The molecule has 2 aromatic heterocycles. The van der Waals surface area contributed by atoms with E-state index in [0.717, 1.165) is 16.8 Å². The summed E-state index contributed by atoms with van der Waals surface area (Å²) >= 11 is 0. The van der Waals surface area contributed by atoms with Crippen molar-refractivity contribution in [1.82, 2.24) is 14.8 Å². The number of pyridine rings is 1. The van der Waals surface area contributed by atoms with Crippen molar-refractivity contribution in [2.24, 2.45) is 7.05 Å². The van der Waals surface area contributed by atoms with Crippen molar-refractivity contribution in [3.05, 3.63) is 47.3 Å². The molecular weight excluding hydrogens is 334 g/mol. The molecule has 0 radical (unpaired) electrons. The summed E-state index contributed by atoms with van der Waals surface area (Å²) in [4.78, 5) is 28.4. The van der Waals surface area contributed by atoms with E-state index in [2.05, 4.69) is 25.5 Å². The van der Waals surface area contributed by atoms with Gasteiger partial charge in [-0.25, -0.2) is 9.78 Å². The van der Waals surface area contributed by atoms with Crippen LogP contribution in [0.1, 0.15) is 21.7 Å². The average molecular weight is 353 g/mol. The van der Waals surface area contributed by atoms with Gasteiger partial charge in [-0.3, -0.25) is 14.8 Å². The van der Waals surface area contributed by atoms with Crippen LogP contribution in [-0.2, 0) is 11.8 Å². The number of nitrogens with one attached hydrogen (secondary N) is 2. The average Bonchev–Trinajstić information content (AvgIpc) is 2.89. The number of carbonyl (C=O) groups excluding carboxylic acids is 2. The van der Waals surface area contributed by atoms with Crippen molar-refractivity contribution in [2.45, 2.75) is 13.8 Å². The fourth-order valence-electron chi connectivity index (χ4n) is 2.75. The highest BCUT2D eigenvalue weighted by atomic mass is 16.5. The summed E-state index contributed by atoms with van der Waals surface area (Å²) in [5.74, 6) is -0.245. The third kappa shape index (κ3) is 3.34. The fraction of sp³-hybridized carbons (Fsp3) is 0.222. The van der Waals surface area contributed by atoms with Gasteiger partial charge in [-0.15, -0.1) is 0 Å². The molecule has 0 aliphatic rings. The van der Waals surface area contributed by atoms with Gasteiger partial charge in [-0.05, 0) is 44.2 Å². The van der Waals surface area contributed by atoms with Crippen LogP contribution in [0.15, 0.2) is 30.3 Å². The maximum atomic E-state index is 12.8. The molecule has 0 unspecified atom stereocenters. The molecule has 0 fully saturated rings. The maximum Gasteiger partial charge on any atom is 0.411 e. The van der Waals surface area contributed by atoms with Gasteiger partial charge in [0.2, 0.25) is 0 Å². The van der Waals surface area contributed by atoms with E-state index in [1.54, 1.807) is 42.1 Å². The van der Waals surface area contributed by atoms with Crippen LogP contribution in [0.25, 0.3) is 11.0 Å². The fourth-order valence-corrected chi connectivity index (χ4v) is 2.75.